The van der Waals surface area contributed by atoms with Crippen molar-refractivity contribution in [3.63, 3.8) is 0 Å². The third-order valence-corrected chi connectivity index (χ3v) is 4.77. The van der Waals surface area contributed by atoms with Gasteiger partial charge in [-0.25, -0.2) is 0 Å². The zero-order valence-electron chi connectivity index (χ0n) is 12.9. The van der Waals surface area contributed by atoms with Crippen LogP contribution in [0.1, 0.15) is 46.0 Å². The molecule has 2 rings (SSSR count). The molecule has 0 radical (unpaired) electrons. The summed E-state index contributed by atoms with van der Waals surface area (Å²) >= 11 is 1.48. The van der Waals surface area contributed by atoms with Crippen LogP contribution in [0.5, 0.6) is 0 Å². The van der Waals surface area contributed by atoms with Crippen molar-refractivity contribution < 1.29 is 4.79 Å². The molecule has 1 aliphatic rings. The molecule has 1 aromatic heterocycles. The normalized spacial score (nSPS) is 23.2. The van der Waals surface area contributed by atoms with E-state index in [9.17, 15) is 4.79 Å². The summed E-state index contributed by atoms with van der Waals surface area (Å²) in [5.41, 5.74) is 1.30. The highest BCUT2D eigenvalue weighted by Gasteiger charge is 2.60. The maximum absolute atomic E-state index is 12.3. The molecule has 0 unspecified atom stereocenters. The average Bonchev–Trinajstić information content (AvgIpc) is 2.70. The molecule has 1 aliphatic carbocycles. The van der Waals surface area contributed by atoms with E-state index in [4.69, 9.17) is 0 Å². The zero-order valence-corrected chi connectivity index (χ0v) is 13.7. The number of aromatic nitrogens is 2. The molecular weight excluding hydrogens is 270 g/mol. The molecule has 1 saturated carbocycles. The summed E-state index contributed by atoms with van der Waals surface area (Å²) in [6.07, 6.45) is 4.16. The van der Waals surface area contributed by atoms with Gasteiger partial charge in [0.15, 0.2) is 0 Å². The molecule has 1 heterocycles. The number of hydrogen-bond donors (Lipinski definition) is 1. The highest BCUT2D eigenvalue weighted by Crippen LogP contribution is 2.59. The van der Waals surface area contributed by atoms with Gasteiger partial charge in [-0.3, -0.25) is 4.79 Å². The molecule has 0 spiro atoms. The first-order valence-corrected chi connectivity index (χ1v) is 7.96. The van der Waals surface area contributed by atoms with Gasteiger partial charge in [-0.1, -0.05) is 43.8 Å². The summed E-state index contributed by atoms with van der Waals surface area (Å²) in [5.74, 6) is 0.433. The Bertz CT molecular complexity index is 529. The van der Waals surface area contributed by atoms with Gasteiger partial charge in [0.1, 0.15) is 5.01 Å². The fraction of sp³-hybridized carbons (Fsp3) is 0.667. The summed E-state index contributed by atoms with van der Waals surface area (Å²) in [4.78, 5) is 12.3. The lowest BCUT2D eigenvalue weighted by molar-refractivity contribution is -0.118. The van der Waals surface area contributed by atoms with Crippen molar-refractivity contribution in [1.29, 1.82) is 0 Å². The van der Waals surface area contributed by atoms with Crippen LogP contribution in [-0.2, 0) is 11.2 Å². The molecule has 1 fully saturated rings. The summed E-state index contributed by atoms with van der Waals surface area (Å²) in [6.45, 7) is 10.5. The molecule has 4 nitrogen and oxygen atoms in total. The van der Waals surface area contributed by atoms with Gasteiger partial charge in [-0.2, -0.15) is 0 Å². The van der Waals surface area contributed by atoms with Crippen molar-refractivity contribution in [1.82, 2.24) is 10.2 Å². The number of allylic oxidation sites excluding steroid dienone is 2. The maximum atomic E-state index is 12.3. The summed E-state index contributed by atoms with van der Waals surface area (Å²) in [6, 6.07) is 0. The topological polar surface area (TPSA) is 54.9 Å². The average molecular weight is 293 g/mol. The molecular formula is C15H23N3OS. The summed E-state index contributed by atoms with van der Waals surface area (Å²) < 4.78 is 0. The van der Waals surface area contributed by atoms with Crippen molar-refractivity contribution >= 4 is 22.4 Å². The van der Waals surface area contributed by atoms with Crippen molar-refractivity contribution in [3.05, 3.63) is 16.7 Å². The molecule has 1 amide bonds. The van der Waals surface area contributed by atoms with Gasteiger partial charge in [-0.15, -0.1) is 10.2 Å². The SMILES string of the molecule is CCCc1nnc(NC(=O)[C@H]2[C@@H](C=C(C)C)C2(C)C)s1. The highest BCUT2D eigenvalue weighted by atomic mass is 32.1. The Labute approximate surface area is 124 Å². The molecule has 0 bridgehead atoms. The van der Waals surface area contributed by atoms with Gasteiger partial charge >= 0.3 is 0 Å². The van der Waals surface area contributed by atoms with Gasteiger partial charge in [0.05, 0.1) is 5.92 Å². The lowest BCUT2D eigenvalue weighted by atomic mass is 10.1. The van der Waals surface area contributed by atoms with Crippen LogP contribution < -0.4 is 5.32 Å². The van der Waals surface area contributed by atoms with Crippen LogP contribution in [0.4, 0.5) is 5.13 Å². The highest BCUT2D eigenvalue weighted by molar-refractivity contribution is 7.15. The predicted molar refractivity (Wildman–Crippen MR) is 82.7 cm³/mol. The third kappa shape index (κ3) is 3.08. The van der Waals surface area contributed by atoms with E-state index in [1.807, 2.05) is 0 Å². The lowest BCUT2D eigenvalue weighted by Gasteiger charge is -2.01. The Kier molecular flexibility index (Phi) is 4.28. The minimum absolute atomic E-state index is 0.0379. The fourth-order valence-electron chi connectivity index (χ4n) is 2.65. The van der Waals surface area contributed by atoms with E-state index >= 15 is 0 Å². The number of nitrogens with one attached hydrogen (secondary N) is 1. The lowest BCUT2D eigenvalue weighted by Crippen LogP contribution is -2.16. The van der Waals surface area contributed by atoms with Crippen LogP contribution >= 0.6 is 11.3 Å². The first kappa shape index (κ1) is 15.2. The van der Waals surface area contributed by atoms with E-state index < -0.39 is 0 Å². The van der Waals surface area contributed by atoms with Crippen LogP contribution in [0.15, 0.2) is 11.6 Å². The van der Waals surface area contributed by atoms with E-state index in [0.717, 1.165) is 17.8 Å². The number of nitrogens with zero attached hydrogens (tertiary/aromatic N) is 2. The summed E-state index contributed by atoms with van der Waals surface area (Å²) in [5, 5.41) is 12.6. The Morgan fingerprint density at radius 3 is 2.70 bits per heavy atom. The first-order valence-electron chi connectivity index (χ1n) is 7.14. The number of aryl methyl sites for hydroxylation is 1. The molecule has 1 N–H and O–H groups in total. The first-order chi connectivity index (χ1) is 9.36. The van der Waals surface area contributed by atoms with Gasteiger partial charge in [0, 0.05) is 6.42 Å². The van der Waals surface area contributed by atoms with Gasteiger partial charge in [0.2, 0.25) is 11.0 Å². The third-order valence-electron chi connectivity index (χ3n) is 3.87. The van der Waals surface area contributed by atoms with E-state index in [2.05, 4.69) is 56.2 Å². The smallest absolute Gasteiger partial charge is 0.230 e. The number of amides is 1. The van der Waals surface area contributed by atoms with Crippen molar-refractivity contribution in [2.24, 2.45) is 17.3 Å². The van der Waals surface area contributed by atoms with E-state index in [0.29, 0.717) is 11.0 Å². The largest absolute Gasteiger partial charge is 0.300 e. The number of rotatable bonds is 5. The Hall–Kier alpha value is -1.23. The Balaban J connectivity index is 2.00. The molecule has 20 heavy (non-hydrogen) atoms. The van der Waals surface area contributed by atoms with E-state index in [1.165, 1.54) is 16.9 Å². The monoisotopic (exact) mass is 293 g/mol. The van der Waals surface area contributed by atoms with Gasteiger partial charge in [0.25, 0.3) is 0 Å². The molecule has 5 heteroatoms. The Morgan fingerprint density at radius 2 is 2.10 bits per heavy atom. The standard InChI is InChI=1S/C15H23N3OS/c1-6-7-11-17-18-14(20-11)16-13(19)12-10(8-9(2)3)15(12,4)5/h8,10,12H,6-7H2,1-5H3,(H,16,18,19)/t10-,12-/m1/s1. The minimum atomic E-state index is 0.0379. The van der Waals surface area contributed by atoms with Crippen molar-refractivity contribution in [3.8, 4) is 0 Å². The fourth-order valence-corrected chi connectivity index (χ4v) is 3.50. The van der Waals surface area contributed by atoms with Crippen LogP contribution in [0.2, 0.25) is 0 Å². The number of carbonyl (C=O) groups is 1. The van der Waals surface area contributed by atoms with Crippen LogP contribution in [-0.4, -0.2) is 16.1 Å². The van der Waals surface area contributed by atoms with Crippen LogP contribution in [0, 0.1) is 17.3 Å². The van der Waals surface area contributed by atoms with Crippen molar-refractivity contribution in [2.45, 2.75) is 47.5 Å². The molecule has 0 saturated heterocycles. The molecule has 2 atom stereocenters. The quantitative estimate of drug-likeness (QED) is 0.843. The second kappa shape index (κ2) is 5.64. The molecule has 0 aromatic carbocycles. The number of anilines is 1. The van der Waals surface area contributed by atoms with Gasteiger partial charge in [-0.05, 0) is 31.6 Å². The van der Waals surface area contributed by atoms with E-state index in [1.54, 1.807) is 0 Å². The second-order valence-electron chi connectivity index (χ2n) is 6.31. The van der Waals surface area contributed by atoms with E-state index in [-0.39, 0.29) is 17.2 Å². The molecule has 1 aromatic rings. The minimum Gasteiger partial charge on any atom is -0.300 e. The Morgan fingerprint density at radius 1 is 1.40 bits per heavy atom. The van der Waals surface area contributed by atoms with Crippen LogP contribution in [0.25, 0.3) is 0 Å². The summed E-state index contributed by atoms with van der Waals surface area (Å²) in [7, 11) is 0. The number of hydrogen-bond acceptors (Lipinski definition) is 4. The predicted octanol–water partition coefficient (Wildman–Crippen LogP) is 3.67. The maximum Gasteiger partial charge on any atom is 0.230 e. The zero-order chi connectivity index (χ0) is 14.9. The molecule has 0 aliphatic heterocycles. The van der Waals surface area contributed by atoms with Gasteiger partial charge < -0.3 is 5.32 Å². The molecule has 110 valence electrons. The number of carbonyl (C=O) groups excluding carboxylic acids is 1. The van der Waals surface area contributed by atoms with Crippen LogP contribution in [0.3, 0.4) is 0 Å². The second-order valence-corrected chi connectivity index (χ2v) is 7.37. The van der Waals surface area contributed by atoms with Crippen molar-refractivity contribution in [2.75, 3.05) is 5.32 Å².